The summed E-state index contributed by atoms with van der Waals surface area (Å²) in [6.07, 6.45) is 3.69. The Labute approximate surface area is 138 Å². The van der Waals surface area contributed by atoms with Crippen molar-refractivity contribution in [1.82, 2.24) is 14.8 Å². The van der Waals surface area contributed by atoms with Crippen LogP contribution in [0.1, 0.15) is 18.5 Å². The van der Waals surface area contributed by atoms with Crippen LogP contribution in [0.15, 0.2) is 48.8 Å². The molecule has 2 aromatic heterocycles. The van der Waals surface area contributed by atoms with Gasteiger partial charge in [-0.15, -0.1) is 0 Å². The predicted octanol–water partition coefficient (Wildman–Crippen LogP) is 4.45. The first kappa shape index (κ1) is 15.5. The number of nitrogens with one attached hydrogen (secondary N) is 1. The van der Waals surface area contributed by atoms with Crippen molar-refractivity contribution in [1.29, 1.82) is 0 Å². The van der Waals surface area contributed by atoms with E-state index >= 15 is 0 Å². The van der Waals surface area contributed by atoms with Crippen LogP contribution >= 0.6 is 11.6 Å². The smallest absolute Gasteiger partial charge is 0.132 e. The second-order valence-electron chi connectivity index (χ2n) is 5.38. The molecule has 4 nitrogen and oxygen atoms in total. The molecule has 1 N–H and O–H groups in total. The van der Waals surface area contributed by atoms with Gasteiger partial charge in [0.25, 0.3) is 0 Å². The molecular weight excluding hydrogens is 315 g/mol. The summed E-state index contributed by atoms with van der Waals surface area (Å²) in [4.78, 5) is 4.30. The first-order valence-electron chi connectivity index (χ1n) is 7.20. The van der Waals surface area contributed by atoms with Crippen molar-refractivity contribution in [3.8, 4) is 11.1 Å². The van der Waals surface area contributed by atoms with Gasteiger partial charge in [0, 0.05) is 24.8 Å². The fraction of sp³-hybridized carbons (Fsp3) is 0.176. The highest BCUT2D eigenvalue weighted by Crippen LogP contribution is 2.26. The summed E-state index contributed by atoms with van der Waals surface area (Å²) in [5, 5.41) is 7.86. The zero-order chi connectivity index (χ0) is 16.4. The number of hydrogen-bond acceptors (Lipinski definition) is 3. The molecule has 0 spiro atoms. The van der Waals surface area contributed by atoms with Crippen LogP contribution in [0, 0.1) is 5.82 Å². The third-order valence-electron chi connectivity index (χ3n) is 3.57. The van der Waals surface area contributed by atoms with Gasteiger partial charge < -0.3 is 5.32 Å². The van der Waals surface area contributed by atoms with E-state index in [-0.39, 0.29) is 11.9 Å². The SMILES string of the molecule is CC(Nc1cc(-c2cnn(C)c2)cc(Cl)n1)c1ccc(F)cc1. The lowest BCUT2D eigenvalue weighted by atomic mass is 10.1. The maximum Gasteiger partial charge on any atom is 0.132 e. The van der Waals surface area contributed by atoms with Crippen LogP contribution < -0.4 is 5.32 Å². The normalized spacial score (nSPS) is 12.2. The topological polar surface area (TPSA) is 42.7 Å². The predicted molar refractivity (Wildman–Crippen MR) is 89.9 cm³/mol. The lowest BCUT2D eigenvalue weighted by Gasteiger charge is -2.16. The van der Waals surface area contributed by atoms with Gasteiger partial charge in [0.1, 0.15) is 16.8 Å². The van der Waals surface area contributed by atoms with Crippen LogP contribution in [0.2, 0.25) is 5.15 Å². The van der Waals surface area contributed by atoms with Gasteiger partial charge in [-0.3, -0.25) is 4.68 Å². The van der Waals surface area contributed by atoms with Gasteiger partial charge in [-0.1, -0.05) is 23.7 Å². The van der Waals surface area contributed by atoms with Gasteiger partial charge in [-0.25, -0.2) is 9.37 Å². The minimum absolute atomic E-state index is 0.0247. The first-order valence-corrected chi connectivity index (χ1v) is 7.57. The zero-order valence-electron chi connectivity index (χ0n) is 12.8. The van der Waals surface area contributed by atoms with Gasteiger partial charge in [0.05, 0.1) is 6.20 Å². The van der Waals surface area contributed by atoms with E-state index in [2.05, 4.69) is 15.4 Å². The third-order valence-corrected chi connectivity index (χ3v) is 3.76. The first-order chi connectivity index (χ1) is 11.0. The molecule has 0 saturated heterocycles. The van der Waals surface area contributed by atoms with Crippen molar-refractivity contribution in [3.63, 3.8) is 0 Å². The molecule has 0 aliphatic rings. The second kappa shape index (κ2) is 6.38. The zero-order valence-corrected chi connectivity index (χ0v) is 13.5. The number of anilines is 1. The molecule has 1 atom stereocenters. The summed E-state index contributed by atoms with van der Waals surface area (Å²) in [5.41, 5.74) is 2.87. The molecule has 0 saturated carbocycles. The average molecular weight is 331 g/mol. The highest BCUT2D eigenvalue weighted by Gasteiger charge is 2.10. The summed E-state index contributed by atoms with van der Waals surface area (Å²) >= 11 is 6.13. The Morgan fingerprint density at radius 2 is 1.91 bits per heavy atom. The van der Waals surface area contributed by atoms with Crippen molar-refractivity contribution < 1.29 is 4.39 Å². The third kappa shape index (κ3) is 3.68. The average Bonchev–Trinajstić information content (AvgIpc) is 2.94. The number of nitrogens with zero attached hydrogens (tertiary/aromatic N) is 3. The van der Waals surface area contributed by atoms with E-state index in [1.807, 2.05) is 26.2 Å². The quantitative estimate of drug-likeness (QED) is 0.719. The van der Waals surface area contributed by atoms with Crippen LogP contribution in [0.5, 0.6) is 0 Å². The van der Waals surface area contributed by atoms with Crippen molar-refractivity contribution >= 4 is 17.4 Å². The molecule has 3 aromatic rings. The number of rotatable bonds is 4. The van der Waals surface area contributed by atoms with E-state index < -0.39 is 0 Å². The van der Waals surface area contributed by atoms with Crippen LogP contribution in [-0.2, 0) is 7.05 Å². The Kier molecular flexibility index (Phi) is 4.30. The number of pyridine rings is 1. The largest absolute Gasteiger partial charge is 0.363 e. The molecule has 118 valence electrons. The van der Waals surface area contributed by atoms with E-state index in [9.17, 15) is 4.39 Å². The maximum atomic E-state index is 13.0. The number of aryl methyl sites for hydroxylation is 1. The van der Waals surface area contributed by atoms with Gasteiger partial charge in [0.15, 0.2) is 0 Å². The van der Waals surface area contributed by atoms with E-state index in [1.165, 1.54) is 12.1 Å². The summed E-state index contributed by atoms with van der Waals surface area (Å²) in [5.74, 6) is 0.411. The number of halogens is 2. The second-order valence-corrected chi connectivity index (χ2v) is 5.77. The van der Waals surface area contributed by atoms with E-state index in [4.69, 9.17) is 11.6 Å². The highest BCUT2D eigenvalue weighted by atomic mass is 35.5. The van der Waals surface area contributed by atoms with Gasteiger partial charge >= 0.3 is 0 Å². The molecule has 0 aliphatic carbocycles. The van der Waals surface area contributed by atoms with E-state index in [0.717, 1.165) is 16.7 Å². The Hall–Kier alpha value is -2.40. The Bertz CT molecular complexity index is 814. The molecule has 0 amide bonds. The Balaban J connectivity index is 1.85. The molecular formula is C17H16ClFN4. The molecule has 0 aliphatic heterocycles. The standard InChI is InChI=1S/C17H16ClFN4/c1-11(12-3-5-15(19)6-4-12)21-17-8-13(7-16(18)22-17)14-9-20-23(2)10-14/h3-11H,1-2H3,(H,21,22). The Morgan fingerprint density at radius 1 is 1.17 bits per heavy atom. The highest BCUT2D eigenvalue weighted by molar-refractivity contribution is 6.29. The minimum atomic E-state index is -0.249. The molecule has 2 heterocycles. The van der Waals surface area contributed by atoms with Crippen molar-refractivity contribution in [3.05, 3.63) is 65.3 Å². The van der Waals surface area contributed by atoms with Gasteiger partial charge in [0.2, 0.25) is 0 Å². The summed E-state index contributed by atoms with van der Waals surface area (Å²) in [7, 11) is 1.86. The summed E-state index contributed by atoms with van der Waals surface area (Å²) < 4.78 is 14.7. The fourth-order valence-corrected chi connectivity index (χ4v) is 2.57. The molecule has 0 fully saturated rings. The van der Waals surface area contributed by atoms with Gasteiger partial charge in [-0.2, -0.15) is 5.10 Å². The molecule has 3 rings (SSSR count). The van der Waals surface area contributed by atoms with E-state index in [1.54, 1.807) is 29.1 Å². The van der Waals surface area contributed by atoms with Crippen molar-refractivity contribution in [2.75, 3.05) is 5.32 Å². The minimum Gasteiger partial charge on any atom is -0.363 e. The van der Waals surface area contributed by atoms with Crippen LogP contribution in [-0.4, -0.2) is 14.8 Å². The molecule has 0 radical (unpaired) electrons. The number of aromatic nitrogens is 3. The van der Waals surface area contributed by atoms with Crippen molar-refractivity contribution in [2.24, 2.45) is 7.05 Å². The van der Waals surface area contributed by atoms with Crippen molar-refractivity contribution in [2.45, 2.75) is 13.0 Å². The molecule has 1 unspecified atom stereocenters. The fourth-order valence-electron chi connectivity index (χ4n) is 2.36. The number of benzene rings is 1. The van der Waals surface area contributed by atoms with Crippen LogP contribution in [0.4, 0.5) is 10.2 Å². The molecule has 23 heavy (non-hydrogen) atoms. The molecule has 0 bridgehead atoms. The molecule has 1 aromatic carbocycles. The maximum absolute atomic E-state index is 13.0. The van der Waals surface area contributed by atoms with Crippen LogP contribution in [0.3, 0.4) is 0 Å². The number of hydrogen-bond donors (Lipinski definition) is 1. The van der Waals surface area contributed by atoms with Gasteiger partial charge in [-0.05, 0) is 42.3 Å². The monoisotopic (exact) mass is 330 g/mol. The van der Waals surface area contributed by atoms with Crippen LogP contribution in [0.25, 0.3) is 11.1 Å². The lowest BCUT2D eigenvalue weighted by molar-refractivity contribution is 0.626. The summed E-state index contributed by atoms with van der Waals surface area (Å²) in [6.45, 7) is 1.99. The lowest BCUT2D eigenvalue weighted by Crippen LogP contribution is -2.08. The Morgan fingerprint density at radius 3 is 2.57 bits per heavy atom. The molecule has 6 heteroatoms. The van der Waals surface area contributed by atoms with E-state index in [0.29, 0.717) is 11.0 Å². The summed E-state index contributed by atoms with van der Waals surface area (Å²) in [6, 6.07) is 10.1.